The van der Waals surface area contributed by atoms with Crippen LogP contribution in [0.2, 0.25) is 0 Å². The number of hydrogen-bond donors (Lipinski definition) is 0. The molecule has 0 aromatic heterocycles. The number of anilines is 2. The van der Waals surface area contributed by atoms with Crippen molar-refractivity contribution in [3.05, 3.63) is 72.8 Å². The molecule has 0 saturated heterocycles. The summed E-state index contributed by atoms with van der Waals surface area (Å²) < 4.78 is 0. The highest BCUT2D eigenvalue weighted by atomic mass is 28.3. The maximum absolute atomic E-state index is 6.36. The molecule has 0 aliphatic rings. The van der Waals surface area contributed by atoms with E-state index in [1.54, 1.807) is 0 Å². The largest absolute Gasteiger partial charge is 0.377 e. The van der Waals surface area contributed by atoms with Crippen LogP contribution in [0.1, 0.15) is 0 Å². The lowest BCUT2D eigenvalue weighted by Crippen LogP contribution is -2.57. The number of terminal acetylenes is 2. The lowest BCUT2D eigenvalue weighted by atomic mass is 10.1. The zero-order valence-electron chi connectivity index (χ0n) is 18.5. The van der Waals surface area contributed by atoms with E-state index >= 15 is 0 Å². The van der Waals surface area contributed by atoms with Crippen molar-refractivity contribution >= 4 is 51.4 Å². The van der Waals surface area contributed by atoms with Gasteiger partial charge in [0.2, 0.25) is 0 Å². The van der Waals surface area contributed by atoms with Gasteiger partial charge in [0.25, 0.3) is 8.07 Å². The fourth-order valence-electron chi connectivity index (χ4n) is 4.51. The van der Waals surface area contributed by atoms with E-state index in [9.17, 15) is 0 Å². The molecule has 0 radical (unpaired) electrons. The molecule has 0 spiro atoms. The maximum atomic E-state index is 6.36. The third-order valence-electron chi connectivity index (χ3n) is 5.97. The van der Waals surface area contributed by atoms with Crippen LogP contribution >= 0.6 is 0 Å². The average molecular weight is 419 g/mol. The summed E-state index contributed by atoms with van der Waals surface area (Å²) in [6.45, 7) is 0. The standard InChI is InChI=1S/C28H26N2Si/c1-7-31(8-2,25-19-11-15-21-13-9-17-23(27(21)25)29(3)4)26-20-12-16-22-14-10-18-24(28(22)26)30(5)6/h1-2,9-20H,3-6H3. The van der Waals surface area contributed by atoms with Crippen molar-refractivity contribution in [3.63, 3.8) is 0 Å². The van der Waals surface area contributed by atoms with Crippen LogP contribution in [-0.4, -0.2) is 36.3 Å². The van der Waals surface area contributed by atoms with E-state index in [4.69, 9.17) is 12.8 Å². The first-order valence-corrected chi connectivity index (χ1v) is 12.3. The van der Waals surface area contributed by atoms with Crippen molar-refractivity contribution in [2.75, 3.05) is 38.0 Å². The second kappa shape index (κ2) is 7.87. The fraction of sp³-hybridized carbons (Fsp3) is 0.143. The zero-order valence-corrected chi connectivity index (χ0v) is 19.5. The van der Waals surface area contributed by atoms with Crippen molar-refractivity contribution in [2.24, 2.45) is 0 Å². The van der Waals surface area contributed by atoms with Gasteiger partial charge in [0, 0.05) is 50.3 Å². The Kier molecular flexibility index (Phi) is 5.23. The molecule has 2 nitrogen and oxygen atoms in total. The molecule has 4 rings (SSSR count). The number of benzene rings is 4. The van der Waals surface area contributed by atoms with Crippen molar-refractivity contribution in [2.45, 2.75) is 0 Å². The molecule has 0 aliphatic carbocycles. The molecule has 3 heteroatoms. The van der Waals surface area contributed by atoms with Crippen LogP contribution in [0.25, 0.3) is 21.5 Å². The Balaban J connectivity index is 2.19. The summed E-state index contributed by atoms with van der Waals surface area (Å²) in [4.78, 5) is 4.26. The van der Waals surface area contributed by atoms with Crippen LogP contribution in [0, 0.1) is 23.9 Å². The smallest absolute Gasteiger partial charge is 0.276 e. The summed E-state index contributed by atoms with van der Waals surface area (Å²) in [5.41, 5.74) is 8.62. The topological polar surface area (TPSA) is 6.48 Å². The second-order valence-corrected chi connectivity index (χ2v) is 11.3. The molecule has 0 saturated carbocycles. The van der Waals surface area contributed by atoms with Gasteiger partial charge in [-0.2, -0.15) is 0 Å². The van der Waals surface area contributed by atoms with Gasteiger partial charge in [0.05, 0.1) is 0 Å². The number of rotatable bonds is 4. The Morgan fingerprint density at radius 3 is 1.26 bits per heavy atom. The molecule has 4 aromatic rings. The summed E-state index contributed by atoms with van der Waals surface area (Å²) in [6, 6.07) is 25.4. The van der Waals surface area contributed by atoms with Crippen LogP contribution in [-0.2, 0) is 0 Å². The molecule has 0 amide bonds. The second-order valence-electron chi connectivity index (χ2n) is 8.19. The van der Waals surface area contributed by atoms with E-state index in [1.807, 2.05) is 0 Å². The first-order valence-electron chi connectivity index (χ1n) is 10.3. The van der Waals surface area contributed by atoms with Crippen molar-refractivity contribution in [1.29, 1.82) is 0 Å². The third-order valence-corrected chi connectivity index (χ3v) is 9.29. The van der Waals surface area contributed by atoms with E-state index in [0.717, 1.165) is 43.3 Å². The molecule has 0 N–H and O–H groups in total. The molecule has 0 atom stereocenters. The van der Waals surface area contributed by atoms with E-state index in [-0.39, 0.29) is 0 Å². The molecule has 0 aliphatic heterocycles. The van der Waals surface area contributed by atoms with Crippen LogP contribution < -0.4 is 20.2 Å². The Morgan fingerprint density at radius 1 is 0.581 bits per heavy atom. The Morgan fingerprint density at radius 2 is 0.935 bits per heavy atom. The minimum atomic E-state index is -2.98. The van der Waals surface area contributed by atoms with Crippen LogP contribution in [0.5, 0.6) is 0 Å². The summed E-state index contributed by atoms with van der Waals surface area (Å²) in [7, 11) is 5.26. The molecule has 0 heterocycles. The molecular formula is C28H26N2Si. The average Bonchev–Trinajstić information content (AvgIpc) is 2.79. The summed E-state index contributed by atoms with van der Waals surface area (Å²) in [6.07, 6.45) is 12.7. The first-order chi connectivity index (χ1) is 14.9. The fourth-order valence-corrected chi connectivity index (χ4v) is 7.49. The SMILES string of the molecule is C#C[Si](C#C)(c1cccc2cccc(N(C)C)c12)c1cccc2cccc(N(C)C)c12. The van der Waals surface area contributed by atoms with Gasteiger partial charge < -0.3 is 9.80 Å². The Labute approximate surface area is 186 Å². The molecule has 0 fully saturated rings. The normalized spacial score (nSPS) is 11.2. The predicted octanol–water partition coefficient (Wildman–Crippen LogP) is 4.03. The molecule has 152 valence electrons. The molecule has 0 unspecified atom stereocenters. The van der Waals surface area contributed by atoms with E-state index in [0.29, 0.717) is 0 Å². The third kappa shape index (κ3) is 3.15. The van der Waals surface area contributed by atoms with Gasteiger partial charge in [-0.25, -0.2) is 0 Å². The minimum Gasteiger partial charge on any atom is -0.377 e. The molecular weight excluding hydrogens is 392 g/mol. The van der Waals surface area contributed by atoms with Crippen molar-refractivity contribution in [3.8, 4) is 23.9 Å². The monoisotopic (exact) mass is 418 g/mol. The van der Waals surface area contributed by atoms with Gasteiger partial charge in [-0.15, -0.1) is 23.9 Å². The number of hydrogen-bond acceptors (Lipinski definition) is 2. The highest BCUT2D eigenvalue weighted by Gasteiger charge is 2.38. The van der Waals surface area contributed by atoms with Gasteiger partial charge in [0.15, 0.2) is 0 Å². The van der Waals surface area contributed by atoms with Crippen LogP contribution in [0.15, 0.2) is 72.8 Å². The van der Waals surface area contributed by atoms with E-state index in [2.05, 4.69) is 122 Å². The van der Waals surface area contributed by atoms with Crippen LogP contribution in [0.3, 0.4) is 0 Å². The lowest BCUT2D eigenvalue weighted by Gasteiger charge is -2.28. The first kappa shape index (κ1) is 20.6. The quantitative estimate of drug-likeness (QED) is 0.365. The summed E-state index contributed by atoms with van der Waals surface area (Å²) in [5.74, 6) is 0. The van der Waals surface area contributed by atoms with Crippen molar-refractivity contribution in [1.82, 2.24) is 0 Å². The van der Waals surface area contributed by atoms with Gasteiger partial charge >= 0.3 is 0 Å². The Bertz CT molecular complexity index is 1250. The molecule has 0 bridgehead atoms. The summed E-state index contributed by atoms with van der Waals surface area (Å²) >= 11 is 0. The minimum absolute atomic E-state index is 1.10. The molecule has 31 heavy (non-hydrogen) atoms. The van der Waals surface area contributed by atoms with Crippen molar-refractivity contribution < 1.29 is 0 Å². The maximum Gasteiger partial charge on any atom is 0.276 e. The number of nitrogens with zero attached hydrogens (tertiary/aromatic N) is 2. The highest BCUT2D eigenvalue weighted by Crippen LogP contribution is 2.29. The van der Waals surface area contributed by atoms with E-state index < -0.39 is 8.07 Å². The van der Waals surface area contributed by atoms with Gasteiger partial charge in [-0.05, 0) is 33.3 Å². The van der Waals surface area contributed by atoms with Gasteiger partial charge in [-0.1, -0.05) is 60.7 Å². The van der Waals surface area contributed by atoms with Gasteiger partial charge in [-0.3, -0.25) is 0 Å². The molecule has 4 aromatic carbocycles. The zero-order chi connectivity index (χ0) is 22.2. The lowest BCUT2D eigenvalue weighted by molar-refractivity contribution is 1.14. The summed E-state index contributed by atoms with van der Waals surface area (Å²) in [5, 5.41) is 6.80. The predicted molar refractivity (Wildman–Crippen MR) is 139 cm³/mol. The Hall–Kier alpha value is -3.66. The van der Waals surface area contributed by atoms with Gasteiger partial charge in [0.1, 0.15) is 0 Å². The van der Waals surface area contributed by atoms with Crippen LogP contribution in [0.4, 0.5) is 11.4 Å². The number of fused-ring (bicyclic) bond motifs is 2. The highest BCUT2D eigenvalue weighted by molar-refractivity contribution is 7.15. The van der Waals surface area contributed by atoms with E-state index in [1.165, 1.54) is 0 Å².